The third kappa shape index (κ3) is 4.01. The summed E-state index contributed by atoms with van der Waals surface area (Å²) in [6, 6.07) is 9.72. The second-order valence-electron chi connectivity index (χ2n) is 7.59. The Labute approximate surface area is 188 Å². The molecule has 0 saturated carbocycles. The van der Waals surface area contributed by atoms with Gasteiger partial charge in [-0.15, -0.1) is 0 Å². The lowest BCUT2D eigenvalue weighted by Gasteiger charge is -2.27. The Morgan fingerprint density at radius 1 is 1.27 bits per heavy atom. The van der Waals surface area contributed by atoms with Crippen LogP contribution in [0.3, 0.4) is 0 Å². The summed E-state index contributed by atoms with van der Waals surface area (Å²) in [5.41, 5.74) is 1.80. The number of halogens is 2. The Balaban J connectivity index is 1.49. The average Bonchev–Trinajstić information content (AvgIpc) is 3.30. The van der Waals surface area contributed by atoms with Crippen molar-refractivity contribution >= 4 is 39.0 Å². The van der Waals surface area contributed by atoms with Crippen LogP contribution >= 0.6 is 27.5 Å². The first-order valence-corrected chi connectivity index (χ1v) is 11.0. The first-order chi connectivity index (χ1) is 14.4. The van der Waals surface area contributed by atoms with Gasteiger partial charge in [-0.25, -0.2) is 4.52 Å². The zero-order valence-electron chi connectivity index (χ0n) is 17.0. The first kappa shape index (κ1) is 21.0. The Hall–Kier alpha value is -2.25. The molecule has 1 saturated heterocycles. The fourth-order valence-electron chi connectivity index (χ4n) is 3.92. The summed E-state index contributed by atoms with van der Waals surface area (Å²) in [7, 11) is 1.64. The van der Waals surface area contributed by atoms with Crippen LogP contribution in [0.15, 0.2) is 47.2 Å². The Bertz CT molecular complexity index is 1070. The van der Waals surface area contributed by atoms with Crippen molar-refractivity contribution in [3.63, 3.8) is 0 Å². The van der Waals surface area contributed by atoms with E-state index in [1.54, 1.807) is 17.8 Å². The number of ether oxygens (including phenoxy) is 2. The molecule has 0 aliphatic carbocycles. The summed E-state index contributed by atoms with van der Waals surface area (Å²) in [5.74, 6) is 1.67. The van der Waals surface area contributed by atoms with Crippen LogP contribution < -0.4 is 9.47 Å². The normalized spacial score (nSPS) is 18.6. The van der Waals surface area contributed by atoms with E-state index in [4.69, 9.17) is 21.1 Å². The minimum atomic E-state index is -0.161. The number of pyridine rings is 1. The highest BCUT2D eigenvalue weighted by Gasteiger charge is 2.37. The minimum absolute atomic E-state index is 0.0116. The maximum absolute atomic E-state index is 12.8. The topological polar surface area (TPSA) is 56.1 Å². The predicted octanol–water partition coefficient (Wildman–Crippen LogP) is 5.14. The lowest BCUT2D eigenvalue weighted by molar-refractivity contribution is -0.129. The molecule has 158 valence electrons. The second kappa shape index (κ2) is 8.47. The number of amides is 1. The number of nitrogens with zero attached hydrogens (tertiary/aromatic N) is 3. The number of rotatable bonds is 6. The summed E-state index contributed by atoms with van der Waals surface area (Å²) in [5, 5.41) is 4.77. The van der Waals surface area contributed by atoms with Crippen LogP contribution in [0, 0.1) is 5.92 Å². The molecular weight excluding hydrogens is 470 g/mol. The van der Waals surface area contributed by atoms with Gasteiger partial charge in [0.25, 0.3) is 0 Å². The number of carbonyl (C=O) groups excluding carboxylic acids is 1. The van der Waals surface area contributed by atoms with Crippen molar-refractivity contribution in [3.05, 3.63) is 57.8 Å². The SMILES string of the molecule is COc1ccc(C(C)N2CC(C(C)Oc3cc(Br)cn4ncc(Cl)c34)CC2=O)cc1. The molecule has 6 nitrogen and oxygen atoms in total. The Kier molecular flexibility index (Phi) is 5.93. The maximum atomic E-state index is 12.8. The Morgan fingerprint density at radius 3 is 2.70 bits per heavy atom. The van der Waals surface area contributed by atoms with Crippen LogP contribution in [0.2, 0.25) is 5.02 Å². The number of hydrogen-bond acceptors (Lipinski definition) is 4. The van der Waals surface area contributed by atoms with Gasteiger partial charge in [0.2, 0.25) is 5.91 Å². The van der Waals surface area contributed by atoms with Crippen LogP contribution in [0.25, 0.3) is 5.52 Å². The number of aromatic nitrogens is 2. The highest BCUT2D eigenvalue weighted by Crippen LogP contribution is 2.35. The number of hydrogen-bond donors (Lipinski definition) is 0. The number of carbonyl (C=O) groups is 1. The zero-order chi connectivity index (χ0) is 21.4. The quantitative estimate of drug-likeness (QED) is 0.478. The van der Waals surface area contributed by atoms with Crippen LogP contribution in [0.5, 0.6) is 11.5 Å². The van der Waals surface area contributed by atoms with Crippen LogP contribution in [0.1, 0.15) is 31.9 Å². The lowest BCUT2D eigenvalue weighted by atomic mass is 10.0. The molecule has 1 aliphatic heterocycles. The van der Waals surface area contributed by atoms with Crippen molar-refractivity contribution in [1.82, 2.24) is 14.5 Å². The van der Waals surface area contributed by atoms with Crippen molar-refractivity contribution in [2.45, 2.75) is 32.4 Å². The smallest absolute Gasteiger partial charge is 0.223 e. The predicted molar refractivity (Wildman–Crippen MR) is 119 cm³/mol. The van der Waals surface area contributed by atoms with E-state index >= 15 is 0 Å². The lowest BCUT2D eigenvalue weighted by Crippen LogP contribution is -2.31. The maximum Gasteiger partial charge on any atom is 0.223 e. The van der Waals surface area contributed by atoms with E-state index in [1.165, 1.54) is 0 Å². The van der Waals surface area contributed by atoms with E-state index in [0.717, 1.165) is 21.3 Å². The van der Waals surface area contributed by atoms with Crippen LogP contribution in [0.4, 0.5) is 0 Å². The molecule has 1 aromatic carbocycles. The Morgan fingerprint density at radius 2 is 2.00 bits per heavy atom. The van der Waals surface area contributed by atoms with E-state index in [0.29, 0.717) is 23.7 Å². The van der Waals surface area contributed by atoms with Crippen LogP contribution in [-0.4, -0.2) is 40.2 Å². The van der Waals surface area contributed by atoms with E-state index in [-0.39, 0.29) is 24.0 Å². The molecule has 4 rings (SSSR count). The van der Waals surface area contributed by atoms with E-state index in [1.807, 2.05) is 48.4 Å². The fourth-order valence-corrected chi connectivity index (χ4v) is 4.54. The monoisotopic (exact) mass is 491 g/mol. The number of benzene rings is 1. The largest absolute Gasteiger partial charge is 0.497 e. The van der Waals surface area contributed by atoms with Gasteiger partial charge in [0.15, 0.2) is 0 Å². The minimum Gasteiger partial charge on any atom is -0.497 e. The van der Waals surface area contributed by atoms with Gasteiger partial charge < -0.3 is 14.4 Å². The molecule has 8 heteroatoms. The van der Waals surface area contributed by atoms with Crippen LogP contribution in [-0.2, 0) is 4.79 Å². The molecule has 30 heavy (non-hydrogen) atoms. The molecule has 0 bridgehead atoms. The number of likely N-dealkylation sites (tertiary alicyclic amines) is 1. The van der Waals surface area contributed by atoms with Gasteiger partial charge in [-0.05, 0) is 53.5 Å². The molecule has 1 amide bonds. The van der Waals surface area contributed by atoms with Crippen molar-refractivity contribution in [3.8, 4) is 11.5 Å². The summed E-state index contributed by atoms with van der Waals surface area (Å²) in [6.45, 7) is 4.70. The van der Waals surface area contributed by atoms with Crippen molar-refractivity contribution in [1.29, 1.82) is 0 Å². The number of fused-ring (bicyclic) bond motifs is 1. The molecule has 1 fully saturated rings. The van der Waals surface area contributed by atoms with Gasteiger partial charge in [0.05, 0.1) is 24.4 Å². The molecule has 3 unspecified atom stereocenters. The second-order valence-corrected chi connectivity index (χ2v) is 8.91. The highest BCUT2D eigenvalue weighted by molar-refractivity contribution is 9.10. The third-order valence-corrected chi connectivity index (χ3v) is 6.44. The zero-order valence-corrected chi connectivity index (χ0v) is 19.4. The van der Waals surface area contributed by atoms with Crippen molar-refractivity contribution in [2.24, 2.45) is 5.92 Å². The highest BCUT2D eigenvalue weighted by atomic mass is 79.9. The summed E-state index contributed by atoms with van der Waals surface area (Å²) in [4.78, 5) is 14.7. The van der Waals surface area contributed by atoms with Crippen molar-refractivity contribution < 1.29 is 14.3 Å². The molecule has 2 aromatic heterocycles. The average molecular weight is 493 g/mol. The summed E-state index contributed by atoms with van der Waals surface area (Å²) in [6.07, 6.45) is 3.72. The third-order valence-electron chi connectivity index (χ3n) is 5.73. The molecule has 0 radical (unpaired) electrons. The van der Waals surface area contributed by atoms with Gasteiger partial charge in [0, 0.05) is 29.6 Å². The van der Waals surface area contributed by atoms with E-state index in [9.17, 15) is 4.79 Å². The fraction of sp³-hybridized carbons (Fsp3) is 0.364. The molecule has 1 aliphatic rings. The van der Waals surface area contributed by atoms with E-state index in [2.05, 4.69) is 28.0 Å². The number of methoxy groups -OCH3 is 1. The van der Waals surface area contributed by atoms with Gasteiger partial charge >= 0.3 is 0 Å². The summed E-state index contributed by atoms with van der Waals surface area (Å²) < 4.78 is 14.0. The standard InChI is InChI=1S/C22H23BrClN3O3/c1-13(15-4-6-18(29-3)7-5-15)26-11-16(8-21(26)28)14(2)30-20-9-17(23)12-27-22(20)19(24)10-25-27/h4-7,9-10,12-14,16H,8,11H2,1-3H3. The molecular formula is C22H23BrClN3O3. The van der Waals surface area contributed by atoms with E-state index < -0.39 is 0 Å². The molecule has 0 spiro atoms. The molecule has 3 atom stereocenters. The van der Waals surface area contributed by atoms with Gasteiger partial charge in [-0.1, -0.05) is 23.7 Å². The van der Waals surface area contributed by atoms with Gasteiger partial charge in [-0.2, -0.15) is 5.10 Å². The van der Waals surface area contributed by atoms with Gasteiger partial charge in [0.1, 0.15) is 23.1 Å². The molecule has 0 N–H and O–H groups in total. The van der Waals surface area contributed by atoms with Crippen molar-refractivity contribution in [2.75, 3.05) is 13.7 Å². The van der Waals surface area contributed by atoms with Gasteiger partial charge in [-0.3, -0.25) is 4.79 Å². The first-order valence-electron chi connectivity index (χ1n) is 9.80. The molecule has 3 heterocycles. The molecule has 3 aromatic rings. The summed E-state index contributed by atoms with van der Waals surface area (Å²) >= 11 is 9.79.